The van der Waals surface area contributed by atoms with E-state index in [1.54, 1.807) is 13.0 Å². The Bertz CT molecular complexity index is 663. The zero-order valence-corrected chi connectivity index (χ0v) is 12.6. The summed E-state index contributed by atoms with van der Waals surface area (Å²) in [7, 11) is 0. The minimum atomic E-state index is -0.705. The minimum absolute atomic E-state index is 0.0153. The number of nitrogens with zero attached hydrogens (tertiary/aromatic N) is 2. The highest BCUT2D eigenvalue weighted by Crippen LogP contribution is 2.20. The van der Waals surface area contributed by atoms with Gasteiger partial charge in [0, 0.05) is 12.8 Å². The number of amides is 1. The number of benzene rings is 1. The topological polar surface area (TPSA) is 88.2 Å². The lowest BCUT2D eigenvalue weighted by molar-refractivity contribution is -0.122. The standard InChI is InChI=1S/C14H15ClFN3O3/c1-8-17-14(22-19-8)5-4-13(21)18-12(7-20)9-2-3-10(15)11(16)6-9/h2-3,6,12,20H,4-5,7H2,1H3,(H,18,21). The number of rotatable bonds is 6. The Hall–Kier alpha value is -1.99. The second-order valence-electron chi connectivity index (χ2n) is 4.71. The Morgan fingerprint density at radius 3 is 2.91 bits per heavy atom. The molecule has 0 aliphatic rings. The first kappa shape index (κ1) is 16.4. The number of hydrogen-bond acceptors (Lipinski definition) is 5. The van der Waals surface area contributed by atoms with Gasteiger partial charge in [0.05, 0.1) is 17.7 Å². The monoisotopic (exact) mass is 327 g/mol. The number of carbonyl (C=O) groups is 1. The van der Waals surface area contributed by atoms with Crippen molar-refractivity contribution in [1.82, 2.24) is 15.5 Å². The zero-order valence-electron chi connectivity index (χ0n) is 11.8. The Morgan fingerprint density at radius 2 is 2.32 bits per heavy atom. The van der Waals surface area contributed by atoms with Crippen LogP contribution in [0.15, 0.2) is 22.7 Å². The number of aliphatic hydroxyl groups is 1. The van der Waals surface area contributed by atoms with Crippen LogP contribution < -0.4 is 5.32 Å². The fourth-order valence-corrected chi connectivity index (χ4v) is 2.01. The van der Waals surface area contributed by atoms with Gasteiger partial charge >= 0.3 is 0 Å². The average molecular weight is 328 g/mol. The molecule has 0 aliphatic heterocycles. The smallest absolute Gasteiger partial charge is 0.227 e. The van der Waals surface area contributed by atoms with Crippen LogP contribution in [0.5, 0.6) is 0 Å². The highest BCUT2D eigenvalue weighted by molar-refractivity contribution is 6.30. The molecule has 2 N–H and O–H groups in total. The van der Waals surface area contributed by atoms with Gasteiger partial charge in [0.25, 0.3) is 0 Å². The molecule has 0 aliphatic carbocycles. The van der Waals surface area contributed by atoms with Gasteiger partial charge in [0.15, 0.2) is 5.82 Å². The second-order valence-corrected chi connectivity index (χ2v) is 5.12. The number of nitrogens with one attached hydrogen (secondary N) is 1. The third-order valence-corrected chi connectivity index (χ3v) is 3.31. The number of aryl methyl sites for hydroxylation is 2. The van der Waals surface area contributed by atoms with E-state index in [-0.39, 0.29) is 24.0 Å². The van der Waals surface area contributed by atoms with Gasteiger partial charge in [-0.25, -0.2) is 4.39 Å². The predicted molar refractivity (Wildman–Crippen MR) is 76.7 cm³/mol. The summed E-state index contributed by atoms with van der Waals surface area (Å²) in [6.07, 6.45) is 0.411. The van der Waals surface area contributed by atoms with Gasteiger partial charge in [-0.2, -0.15) is 4.98 Å². The van der Waals surface area contributed by atoms with Crippen molar-refractivity contribution in [2.24, 2.45) is 0 Å². The number of aliphatic hydroxyl groups excluding tert-OH is 1. The largest absolute Gasteiger partial charge is 0.394 e. The predicted octanol–water partition coefficient (Wildman–Crippen LogP) is 1.95. The van der Waals surface area contributed by atoms with Crippen LogP contribution in [0.25, 0.3) is 0 Å². The fraction of sp³-hybridized carbons (Fsp3) is 0.357. The van der Waals surface area contributed by atoms with Crippen molar-refractivity contribution in [1.29, 1.82) is 0 Å². The van der Waals surface area contributed by atoms with Gasteiger partial charge in [0.2, 0.25) is 11.8 Å². The van der Waals surface area contributed by atoms with E-state index in [4.69, 9.17) is 16.1 Å². The third kappa shape index (κ3) is 4.25. The summed E-state index contributed by atoms with van der Waals surface area (Å²) in [5, 5.41) is 15.6. The van der Waals surface area contributed by atoms with Gasteiger partial charge in [-0.3, -0.25) is 4.79 Å². The van der Waals surface area contributed by atoms with E-state index in [1.807, 2.05) is 0 Å². The molecule has 0 fully saturated rings. The molecular formula is C14H15ClFN3O3. The molecule has 1 atom stereocenters. The maximum Gasteiger partial charge on any atom is 0.227 e. The molecular weight excluding hydrogens is 313 g/mol. The van der Waals surface area contributed by atoms with Gasteiger partial charge < -0.3 is 14.9 Å². The molecule has 0 saturated carbocycles. The zero-order chi connectivity index (χ0) is 16.1. The molecule has 2 aromatic rings. The van der Waals surface area contributed by atoms with Crippen LogP contribution in [0.4, 0.5) is 4.39 Å². The maximum atomic E-state index is 13.4. The lowest BCUT2D eigenvalue weighted by atomic mass is 10.1. The Balaban J connectivity index is 1.94. The molecule has 2 rings (SSSR count). The number of hydrogen-bond donors (Lipinski definition) is 2. The molecule has 1 heterocycles. The fourth-order valence-electron chi connectivity index (χ4n) is 1.89. The second kappa shape index (κ2) is 7.33. The van der Waals surface area contributed by atoms with Gasteiger partial charge in [-0.1, -0.05) is 22.8 Å². The summed E-state index contributed by atoms with van der Waals surface area (Å²) in [5.74, 6) is -0.0514. The molecule has 1 amide bonds. The summed E-state index contributed by atoms with van der Waals surface area (Å²) in [4.78, 5) is 15.9. The van der Waals surface area contributed by atoms with Crippen molar-refractivity contribution in [3.05, 3.63) is 46.3 Å². The first-order valence-electron chi connectivity index (χ1n) is 6.64. The molecule has 1 aromatic carbocycles. The minimum Gasteiger partial charge on any atom is -0.394 e. The first-order chi connectivity index (χ1) is 10.5. The van der Waals surface area contributed by atoms with Gasteiger partial charge in [-0.15, -0.1) is 0 Å². The van der Waals surface area contributed by atoms with Crippen LogP contribution in [-0.2, 0) is 11.2 Å². The Morgan fingerprint density at radius 1 is 1.55 bits per heavy atom. The van der Waals surface area contributed by atoms with E-state index in [2.05, 4.69) is 15.5 Å². The van der Waals surface area contributed by atoms with Crippen molar-refractivity contribution >= 4 is 17.5 Å². The molecule has 8 heteroatoms. The lowest BCUT2D eigenvalue weighted by Crippen LogP contribution is -2.31. The van der Waals surface area contributed by atoms with E-state index in [0.717, 1.165) is 0 Å². The van der Waals surface area contributed by atoms with Crippen LogP contribution in [0.2, 0.25) is 5.02 Å². The van der Waals surface area contributed by atoms with Crippen LogP contribution >= 0.6 is 11.6 Å². The summed E-state index contributed by atoms with van der Waals surface area (Å²) in [6, 6.07) is 3.41. The summed E-state index contributed by atoms with van der Waals surface area (Å²) in [5.41, 5.74) is 0.436. The van der Waals surface area contributed by atoms with Crippen LogP contribution in [0.1, 0.15) is 29.7 Å². The molecule has 6 nitrogen and oxygen atoms in total. The van der Waals surface area contributed by atoms with Crippen LogP contribution in [-0.4, -0.2) is 27.8 Å². The first-order valence-corrected chi connectivity index (χ1v) is 7.01. The summed E-state index contributed by atoms with van der Waals surface area (Å²) in [6.45, 7) is 1.33. The molecule has 0 spiro atoms. The SMILES string of the molecule is Cc1noc(CCC(=O)NC(CO)c2ccc(Cl)c(F)c2)n1. The van der Waals surface area contributed by atoms with Crippen LogP contribution in [0, 0.1) is 12.7 Å². The highest BCUT2D eigenvalue weighted by atomic mass is 35.5. The van der Waals surface area contributed by atoms with Crippen molar-refractivity contribution in [3.8, 4) is 0 Å². The highest BCUT2D eigenvalue weighted by Gasteiger charge is 2.16. The van der Waals surface area contributed by atoms with Gasteiger partial charge in [0.1, 0.15) is 5.82 Å². The van der Waals surface area contributed by atoms with Crippen molar-refractivity contribution < 1.29 is 18.8 Å². The van der Waals surface area contributed by atoms with Gasteiger partial charge in [-0.05, 0) is 24.6 Å². The number of halogens is 2. The average Bonchev–Trinajstić information content (AvgIpc) is 2.91. The maximum absolute atomic E-state index is 13.4. The molecule has 0 radical (unpaired) electrons. The summed E-state index contributed by atoms with van der Waals surface area (Å²) >= 11 is 5.61. The van der Waals surface area contributed by atoms with Crippen LogP contribution in [0.3, 0.4) is 0 Å². The van der Waals surface area contributed by atoms with Crippen molar-refractivity contribution in [2.75, 3.05) is 6.61 Å². The molecule has 0 bridgehead atoms. The van der Waals surface area contributed by atoms with E-state index >= 15 is 0 Å². The molecule has 1 unspecified atom stereocenters. The number of carbonyl (C=O) groups excluding carboxylic acids is 1. The van der Waals surface area contributed by atoms with E-state index in [1.165, 1.54) is 12.1 Å². The van der Waals surface area contributed by atoms with Crippen molar-refractivity contribution in [2.45, 2.75) is 25.8 Å². The van der Waals surface area contributed by atoms with E-state index in [0.29, 0.717) is 23.7 Å². The molecule has 22 heavy (non-hydrogen) atoms. The number of aromatic nitrogens is 2. The summed E-state index contributed by atoms with van der Waals surface area (Å²) < 4.78 is 18.3. The van der Waals surface area contributed by atoms with E-state index in [9.17, 15) is 14.3 Å². The quantitative estimate of drug-likeness (QED) is 0.846. The third-order valence-electron chi connectivity index (χ3n) is 3.00. The normalized spacial score (nSPS) is 12.2. The Kier molecular flexibility index (Phi) is 5.46. The molecule has 1 aromatic heterocycles. The lowest BCUT2D eigenvalue weighted by Gasteiger charge is -2.17. The molecule has 118 valence electrons. The molecule has 0 saturated heterocycles. The Labute approximate surface area is 131 Å². The van der Waals surface area contributed by atoms with E-state index < -0.39 is 11.9 Å². The van der Waals surface area contributed by atoms with Crippen molar-refractivity contribution in [3.63, 3.8) is 0 Å².